The summed E-state index contributed by atoms with van der Waals surface area (Å²) >= 11 is 1.74. The second-order valence-electron chi connectivity index (χ2n) is 36.1. The maximum Gasteiger partial charge on any atom is 0.407 e. The van der Waals surface area contributed by atoms with Crippen molar-refractivity contribution >= 4 is 162 Å². The third-order valence-electron chi connectivity index (χ3n) is 25.4. The first-order valence-electron chi connectivity index (χ1n) is 48.2. The van der Waals surface area contributed by atoms with Crippen molar-refractivity contribution in [1.29, 1.82) is 16.2 Å². The van der Waals surface area contributed by atoms with Gasteiger partial charge in [0.25, 0.3) is 0 Å². The van der Waals surface area contributed by atoms with Gasteiger partial charge >= 0.3 is 18.2 Å². The molecule has 5 aliphatic rings. The lowest BCUT2D eigenvalue weighted by Crippen LogP contribution is -2.60. The highest BCUT2D eigenvalue weighted by molar-refractivity contribution is 8.76. The Labute approximate surface area is 857 Å². The van der Waals surface area contributed by atoms with Gasteiger partial charge in [-0.25, -0.2) is 14.4 Å². The number of benzene rings is 6. The van der Waals surface area contributed by atoms with Crippen LogP contribution in [0.1, 0.15) is 163 Å². The minimum absolute atomic E-state index is 0.00943. The molecule has 47 nitrogen and oxygen atoms in total. The number of ether oxygens (including phenoxy) is 5. The highest BCUT2D eigenvalue weighted by Gasteiger charge is 2.52. The standard InChI is InChI=1S/C97H128N22O25S3/c1-50-80(125)63(43-74(143-50)144-68-45-97(139,70(121)48-120)44-58-76(68)84(129)78-77(82(58)127)81(126)57-19-11-24-67(140-2)75(57)83(78)128)118-96(138)142-36-38-147-146-37-35-141-95(137)108-31-10-9-20-59(85(98)130)111-73(124)47-109-72(123)46-110-86(131)64(41-51-27-29-53-15-3-5-17-55(53)39-51)115-90(135)65(42-52-28-30-54-16-4-6-18-56(54)40-52)116-89(134)62(23-14-34-107-93(103)104)114-88(133)61(22-13-33-106-92(101)102)113-87(132)60(21-12-32-105-91(99)100)112-71(122)26-8-7-25-69-79-66(49-145-69)117-94(136)119-79/h3-6,11,15-19,24,27-30,39-40,50,59-66,68-69,74,79-80,120,125,127,129,139H,7-10,12-14,20-23,25-26,31-38,41-49H2,1-2H3,(H2,98,130)(H,108,137)(H,109,123)(H,110,131)(H,111,124)(H,112,122)(H,113,132)(H,114,133)(H,115,135)(H,116,134)(H,118,138)(H4,99,100,105)(H4,101,102,106)(H4,103,104,107)(H2,117,119,136)/t50-,59-,60-,61-,62-,63-,64+,65-,66?,68-,69-,74-,79?,80+,97-/m0/s1. The monoisotopic (exact) mass is 2100 g/mol. The number of carbonyl (C=O) groups is 15. The number of fused-ring (bicyclic) bond motifs is 6. The van der Waals surface area contributed by atoms with Crippen LogP contribution in [0.3, 0.4) is 0 Å². The number of nitrogens with two attached hydrogens (primary N) is 4. The first kappa shape index (κ1) is 113. The van der Waals surface area contributed by atoms with E-state index in [1.165, 1.54) is 53.8 Å². The maximum absolute atomic E-state index is 15.3. The van der Waals surface area contributed by atoms with Crippen LogP contribution < -0.4 is 107 Å². The molecule has 794 valence electrons. The molecular formula is C97H128N22O25S3. The number of urea groups is 1. The van der Waals surface area contributed by atoms with E-state index >= 15 is 9.59 Å². The summed E-state index contributed by atoms with van der Waals surface area (Å²) in [6.45, 7) is -0.928. The van der Waals surface area contributed by atoms with Gasteiger partial charge in [-0.2, -0.15) is 11.8 Å². The highest BCUT2D eigenvalue weighted by Crippen LogP contribution is 2.53. The summed E-state index contributed by atoms with van der Waals surface area (Å²) in [6.07, 6.45) is -6.40. The Morgan fingerprint density at radius 3 is 1.65 bits per heavy atom. The predicted molar refractivity (Wildman–Crippen MR) is 544 cm³/mol. The van der Waals surface area contributed by atoms with E-state index in [0.717, 1.165) is 33.7 Å². The van der Waals surface area contributed by atoms with Crippen molar-refractivity contribution in [1.82, 2.24) is 79.8 Å². The number of hydrogen-bond acceptors (Lipinski definition) is 31. The second kappa shape index (κ2) is 54.9. The van der Waals surface area contributed by atoms with Crippen LogP contribution in [0.5, 0.6) is 17.2 Å². The molecule has 0 radical (unpaired) electrons. The lowest BCUT2D eigenvalue weighted by molar-refractivity contribution is -0.249. The largest absolute Gasteiger partial charge is 0.507 e. The Hall–Kier alpha value is -14.0. The van der Waals surface area contributed by atoms with Gasteiger partial charge in [-0.05, 0) is 116 Å². The minimum Gasteiger partial charge on any atom is -0.507 e. The number of ketones is 3. The van der Waals surface area contributed by atoms with Gasteiger partial charge in [-0.3, -0.25) is 73.8 Å². The summed E-state index contributed by atoms with van der Waals surface area (Å²) in [5.41, 5.74) is 19.1. The fraction of sp³-hybridized carbons (Fsp3) is 0.485. The molecule has 6 aromatic rings. The lowest BCUT2D eigenvalue weighted by atomic mass is 9.72. The molecule has 11 rings (SSSR count). The molecule has 0 aromatic heterocycles. The molecule has 50 heteroatoms. The molecule has 3 heterocycles. The minimum atomic E-state index is -2.43. The predicted octanol–water partition coefficient (Wildman–Crippen LogP) is -0.0194. The van der Waals surface area contributed by atoms with E-state index in [-0.39, 0.29) is 185 Å². The number of phenols is 2. The van der Waals surface area contributed by atoms with E-state index in [1.54, 1.807) is 23.9 Å². The molecule has 13 amide bonds. The zero-order chi connectivity index (χ0) is 106. The molecule has 147 heavy (non-hydrogen) atoms. The second-order valence-corrected chi connectivity index (χ2v) is 40.0. The van der Waals surface area contributed by atoms with Gasteiger partial charge in [0, 0.05) is 104 Å². The summed E-state index contributed by atoms with van der Waals surface area (Å²) in [4.78, 5) is 207. The quantitative estimate of drug-likeness (QED) is 0.00595. The van der Waals surface area contributed by atoms with Crippen LogP contribution >= 0.6 is 33.3 Å². The van der Waals surface area contributed by atoms with E-state index < -0.39 is 216 Å². The molecule has 6 aromatic carbocycles. The SMILES string of the molecule is COc1cccc2c1C(=O)c1c(O)c3c(c(O)c1C2=O)C[C@@](O)(C(=O)CO)C[C@@H]3O[C@H]1C[C@H](NC(=O)OCCSSCCOC(=O)NCCCC[C@H](NC(=O)CNC(=O)CNC(=O)[C@@H](Cc2ccc3ccccc3c2)NC(=O)[C@H](Cc2ccc3ccccc3c2)NC(=O)[C@H](CCCNC(=N)N)NC(=O)[C@H](CCCNC(=N)N)NC(=O)[C@H](CCCNC(=N)N)NC(=O)CCCC[C@@H]2SCC3NC(=O)NC32)C(N)=O)[C@H](O)[C@H](C)O1. The smallest absolute Gasteiger partial charge is 0.407 e. The molecule has 3 aliphatic heterocycles. The Balaban J connectivity index is 0.639. The number of aliphatic hydroxyl groups excluding tert-OH is 2. The molecular weight excluding hydrogens is 1970 g/mol. The number of phenolic OH excluding ortho intramolecular Hbond substituents is 2. The molecule has 3 fully saturated rings. The van der Waals surface area contributed by atoms with E-state index in [2.05, 4.69) is 79.8 Å². The van der Waals surface area contributed by atoms with Gasteiger partial charge in [-0.15, -0.1) is 0 Å². The van der Waals surface area contributed by atoms with E-state index in [1.807, 2.05) is 72.8 Å². The number of rotatable bonds is 55. The van der Waals surface area contributed by atoms with Crippen LogP contribution in [0.4, 0.5) is 14.4 Å². The van der Waals surface area contributed by atoms with Crippen LogP contribution in [-0.2, 0) is 86.2 Å². The Morgan fingerprint density at radius 2 is 1.08 bits per heavy atom. The van der Waals surface area contributed by atoms with Gasteiger partial charge < -0.3 is 152 Å². The van der Waals surface area contributed by atoms with Crippen LogP contribution in [0.25, 0.3) is 21.5 Å². The van der Waals surface area contributed by atoms with Crippen LogP contribution in [0.15, 0.2) is 103 Å². The number of methoxy groups -OCH3 is 1. The number of aromatic hydroxyl groups is 2. The molecule has 0 bridgehead atoms. The highest BCUT2D eigenvalue weighted by atomic mass is 33.1. The Bertz CT molecular complexity index is 5830. The Kier molecular flexibility index (Phi) is 42.3. The average molecular weight is 2100 g/mol. The number of amides is 13. The van der Waals surface area contributed by atoms with Crippen molar-refractivity contribution in [3.63, 3.8) is 0 Å². The fourth-order valence-corrected chi connectivity index (χ4v) is 21.1. The number of aliphatic hydroxyl groups is 3. The zero-order valence-electron chi connectivity index (χ0n) is 81.0. The first-order chi connectivity index (χ1) is 70.4. The van der Waals surface area contributed by atoms with Gasteiger partial charge in [0.2, 0.25) is 58.9 Å². The number of alkyl carbamates (subject to hydrolysis) is 2. The van der Waals surface area contributed by atoms with Crippen molar-refractivity contribution in [2.24, 2.45) is 22.9 Å². The van der Waals surface area contributed by atoms with E-state index in [4.69, 9.17) is 62.8 Å². The first-order valence-corrected chi connectivity index (χ1v) is 51.8. The third kappa shape index (κ3) is 32.5. The van der Waals surface area contributed by atoms with Crippen molar-refractivity contribution in [2.75, 3.05) is 83.5 Å². The summed E-state index contributed by atoms with van der Waals surface area (Å²) in [7, 11) is 3.85. The van der Waals surface area contributed by atoms with Crippen molar-refractivity contribution < 1.29 is 121 Å². The summed E-state index contributed by atoms with van der Waals surface area (Å²) in [6, 6.07) is 20.0. The zero-order valence-corrected chi connectivity index (χ0v) is 83.5. The number of guanidine groups is 3. The van der Waals surface area contributed by atoms with Gasteiger partial charge in [-0.1, -0.05) is 125 Å². The van der Waals surface area contributed by atoms with Gasteiger partial charge in [0.1, 0.15) is 85.0 Å². The molecule has 2 unspecified atom stereocenters. The average Bonchev–Trinajstić information content (AvgIpc) is 1.15. The Morgan fingerprint density at radius 1 is 0.558 bits per heavy atom. The summed E-state index contributed by atoms with van der Waals surface area (Å²) in [5.74, 6) is -11.6. The summed E-state index contributed by atoms with van der Waals surface area (Å²) in [5, 5.41) is 124. The number of hydrogen-bond donors (Lipinski definition) is 27. The number of Topliss-reactive ketones (excluding diaryl/α,β-unsaturated/α-hetero) is 1. The van der Waals surface area contributed by atoms with E-state index in [0.29, 0.717) is 36.1 Å². The normalized spacial score (nSPS) is 19.6. The van der Waals surface area contributed by atoms with Crippen LogP contribution in [0.2, 0.25) is 0 Å². The van der Waals surface area contributed by atoms with E-state index in [9.17, 15) is 87.9 Å². The molecule has 15 atom stereocenters. The number of carbonyl (C=O) groups excluding carboxylic acids is 15. The number of primary amides is 1. The molecule has 0 spiro atoms. The molecule has 31 N–H and O–H groups in total. The number of thioether (sulfide) groups is 1. The fourth-order valence-electron chi connectivity index (χ4n) is 17.9. The topological polar surface area (TPSA) is 759 Å². The number of unbranched alkanes of at least 4 members (excludes halogenated alkanes) is 2. The van der Waals surface area contributed by atoms with Crippen molar-refractivity contribution in [2.45, 2.75) is 212 Å². The molecule has 0 saturated carbocycles. The lowest BCUT2D eigenvalue weighted by Gasteiger charge is -2.42. The van der Waals surface area contributed by atoms with Crippen LogP contribution in [0, 0.1) is 16.2 Å². The van der Waals surface area contributed by atoms with Gasteiger partial charge in [0.05, 0.1) is 67.2 Å². The van der Waals surface area contributed by atoms with Crippen molar-refractivity contribution in [3.8, 4) is 17.2 Å². The van der Waals surface area contributed by atoms with Crippen LogP contribution in [-0.4, -0.2) is 299 Å². The third-order valence-corrected chi connectivity index (χ3v) is 29.3. The van der Waals surface area contributed by atoms with Crippen molar-refractivity contribution in [3.05, 3.63) is 148 Å². The molecule has 2 aliphatic carbocycles. The molecule has 3 saturated heterocycles. The summed E-state index contributed by atoms with van der Waals surface area (Å²) < 4.78 is 28.2. The maximum atomic E-state index is 15.3. The van der Waals surface area contributed by atoms with Gasteiger partial charge in [0.15, 0.2) is 35.7 Å². The number of nitrogens with one attached hydrogen (secondary N) is 18.